The van der Waals surface area contributed by atoms with Crippen LogP contribution in [0.5, 0.6) is 0 Å². The summed E-state index contributed by atoms with van der Waals surface area (Å²) < 4.78 is 7.79. The predicted molar refractivity (Wildman–Crippen MR) is 53.9 cm³/mol. The van der Waals surface area contributed by atoms with Gasteiger partial charge < -0.3 is 0 Å². The lowest BCUT2D eigenvalue weighted by Crippen LogP contribution is -1.77. The summed E-state index contributed by atoms with van der Waals surface area (Å²) in [6.45, 7) is 1.70. The summed E-state index contributed by atoms with van der Waals surface area (Å²) in [5.74, 6) is 17.5. The standard InChI is InChI=1S/C9H4IN/c1-2-3-4-5-6-7-8-9-11-10/h11H,1H3/i/hT. The predicted octanol–water partition coefficient (Wildman–Crippen LogP) is 0.917. The molecule has 0 saturated carbocycles. The molecule has 0 atom stereocenters. The summed E-state index contributed by atoms with van der Waals surface area (Å²) in [5.41, 5.74) is 0. The van der Waals surface area contributed by atoms with Gasteiger partial charge in [0.1, 0.15) is 0 Å². The van der Waals surface area contributed by atoms with Gasteiger partial charge in [-0.1, -0.05) is 5.92 Å². The molecule has 0 aliphatic heterocycles. The summed E-state index contributed by atoms with van der Waals surface area (Å²) in [6, 6.07) is 2.40. The molecule has 0 aliphatic carbocycles. The number of nitrogens with one attached hydrogen (secondary N) is 1. The number of halogens is 1. The van der Waals surface area contributed by atoms with Gasteiger partial charge in [-0.15, -0.1) is 0 Å². The topological polar surface area (TPSA) is 12.0 Å². The van der Waals surface area contributed by atoms with Crippen LogP contribution >= 0.6 is 22.9 Å². The second kappa shape index (κ2) is 8.77. The zero-order valence-corrected chi connectivity index (χ0v) is 7.98. The van der Waals surface area contributed by atoms with Gasteiger partial charge in [-0.25, -0.2) is 0 Å². The molecule has 1 N–H and O–H groups in total. The Hall–Kier alpha value is -1.23. The van der Waals surface area contributed by atoms with E-state index in [2.05, 4.69) is 47.5 Å². The zero-order valence-electron chi connectivity index (χ0n) is 6.83. The monoisotopic (exact) mass is 255 g/mol. The van der Waals surface area contributed by atoms with Crippen molar-refractivity contribution in [3.05, 3.63) is 0 Å². The fraction of sp³-hybridized carbons (Fsp3) is 0.111. The van der Waals surface area contributed by atoms with Crippen LogP contribution in [0.25, 0.3) is 0 Å². The fourth-order valence-electron chi connectivity index (χ4n) is 0.237. The molecule has 0 aromatic carbocycles. The first-order valence-corrected chi connectivity index (χ1v) is 3.61. The minimum Gasteiger partial charge on any atom is -0.287 e. The molecule has 11 heavy (non-hydrogen) atoms. The first kappa shape index (κ1) is 7.87. The van der Waals surface area contributed by atoms with Gasteiger partial charge in [-0.2, -0.15) is 0 Å². The van der Waals surface area contributed by atoms with Crippen LogP contribution in [0.3, 0.4) is 0 Å². The van der Waals surface area contributed by atoms with E-state index >= 15 is 0 Å². The van der Waals surface area contributed by atoms with Crippen LogP contribution in [0.15, 0.2) is 0 Å². The van der Waals surface area contributed by atoms with E-state index in [9.17, 15) is 0 Å². The highest BCUT2D eigenvalue weighted by molar-refractivity contribution is 14.1. The minimum atomic E-state index is 0.950. The van der Waals surface area contributed by atoms with Gasteiger partial charge in [0.05, 0.1) is 22.9 Å². The van der Waals surface area contributed by atoms with Gasteiger partial charge in [0.2, 0.25) is 0 Å². The highest BCUT2D eigenvalue weighted by atomic mass is 127. The SMILES string of the molecule is [3H]N(I)C#CC#CC#CC#CC. The van der Waals surface area contributed by atoms with E-state index in [-0.39, 0.29) is 0 Å². The zero-order chi connectivity index (χ0) is 9.23. The molecular formula is C9H4IN. The molecule has 0 fully saturated rings. The van der Waals surface area contributed by atoms with E-state index in [1.807, 2.05) is 0 Å². The first-order valence-electron chi connectivity index (χ1n) is 3.09. The number of hydrogen-bond acceptors (Lipinski definition) is 1. The summed E-state index contributed by atoms with van der Waals surface area (Å²) in [6.07, 6.45) is 0. The normalized spacial score (nSPS) is 5.45. The highest BCUT2D eigenvalue weighted by Crippen LogP contribution is 1.60. The fourth-order valence-corrected chi connectivity index (χ4v) is 0.357. The van der Waals surface area contributed by atoms with Crippen molar-refractivity contribution in [1.82, 2.24) is 3.52 Å². The Morgan fingerprint density at radius 3 is 2.18 bits per heavy atom. The molecule has 0 aromatic rings. The molecule has 0 radical (unpaired) electrons. The Morgan fingerprint density at radius 1 is 1.09 bits per heavy atom. The van der Waals surface area contributed by atoms with E-state index in [0.29, 0.717) is 0 Å². The second-order valence-corrected chi connectivity index (χ2v) is 1.68. The first-order chi connectivity index (χ1) is 5.77. The largest absolute Gasteiger partial charge is 0.287 e. The summed E-state index contributed by atoms with van der Waals surface area (Å²) in [4.78, 5) is 0. The van der Waals surface area contributed by atoms with E-state index in [0.717, 1.165) is 3.52 Å². The van der Waals surface area contributed by atoms with Crippen molar-refractivity contribution in [3.8, 4) is 47.5 Å². The smallest absolute Gasteiger partial charge is 0.183 e. The molecule has 52 valence electrons. The maximum Gasteiger partial charge on any atom is 0.183 e. The lowest BCUT2D eigenvalue weighted by molar-refractivity contribution is 1.61. The van der Waals surface area contributed by atoms with Gasteiger partial charge in [-0.05, 0) is 24.7 Å². The maximum atomic E-state index is 6.84. The maximum absolute atomic E-state index is 6.84. The molecule has 0 unspecified atom stereocenters. The highest BCUT2D eigenvalue weighted by Gasteiger charge is 1.55. The summed E-state index contributed by atoms with van der Waals surface area (Å²) >= 11 is 1.72. The molecule has 0 rings (SSSR count). The molecule has 1 nitrogen and oxygen atoms in total. The van der Waals surface area contributed by atoms with Gasteiger partial charge in [0.15, 0.2) is 1.41 Å². The van der Waals surface area contributed by atoms with Crippen molar-refractivity contribution in [1.29, 1.82) is 0 Å². The summed E-state index contributed by atoms with van der Waals surface area (Å²) in [7, 11) is 0. The number of rotatable bonds is 0. The summed E-state index contributed by atoms with van der Waals surface area (Å²) in [5, 5.41) is 0. The molecule has 2 heteroatoms. The minimum absolute atomic E-state index is 0.950. The van der Waals surface area contributed by atoms with Crippen molar-refractivity contribution in [2.75, 3.05) is 0 Å². The van der Waals surface area contributed by atoms with E-state index in [4.69, 9.17) is 1.41 Å². The molecule has 0 heterocycles. The van der Waals surface area contributed by atoms with E-state index in [1.54, 1.807) is 29.8 Å². The lowest BCUT2D eigenvalue weighted by Gasteiger charge is -1.65. The van der Waals surface area contributed by atoms with E-state index in [1.165, 1.54) is 0 Å². The van der Waals surface area contributed by atoms with Crippen LogP contribution in [-0.2, 0) is 0 Å². The molecule has 0 aliphatic rings. The Labute approximate surface area is 82.3 Å². The third kappa shape index (κ3) is 8.77. The number of hydrogen-bond donors (Lipinski definition) is 1. The molecule has 0 bridgehead atoms. The Balaban J connectivity index is 4.01. The van der Waals surface area contributed by atoms with Gasteiger partial charge in [0, 0.05) is 23.8 Å². The van der Waals surface area contributed by atoms with Gasteiger partial charge >= 0.3 is 0 Å². The quantitative estimate of drug-likeness (QED) is 0.294. The van der Waals surface area contributed by atoms with Crippen molar-refractivity contribution in [3.63, 3.8) is 0 Å². The molecule has 0 aromatic heterocycles. The van der Waals surface area contributed by atoms with Crippen LogP contribution < -0.4 is 3.52 Å². The Kier molecular flexibility index (Phi) is 6.28. The van der Waals surface area contributed by atoms with Crippen molar-refractivity contribution in [2.24, 2.45) is 0 Å². The molecule has 0 amide bonds. The molecule has 0 spiro atoms. The van der Waals surface area contributed by atoms with E-state index < -0.39 is 0 Å². The van der Waals surface area contributed by atoms with Crippen LogP contribution in [0.2, 0.25) is 1.41 Å². The Morgan fingerprint density at radius 2 is 1.64 bits per heavy atom. The van der Waals surface area contributed by atoms with Crippen LogP contribution in [-0.4, -0.2) is 0 Å². The third-order valence-corrected chi connectivity index (χ3v) is 0.777. The second-order valence-electron chi connectivity index (χ2n) is 1.20. The lowest BCUT2D eigenvalue weighted by atomic mass is 10.5. The van der Waals surface area contributed by atoms with Crippen molar-refractivity contribution < 1.29 is 1.41 Å². The van der Waals surface area contributed by atoms with Crippen LogP contribution in [0.4, 0.5) is 0 Å². The van der Waals surface area contributed by atoms with Gasteiger partial charge in [0.25, 0.3) is 0 Å². The van der Waals surface area contributed by atoms with Crippen LogP contribution in [0.1, 0.15) is 6.92 Å². The third-order valence-electron chi connectivity index (χ3n) is 0.536. The molecular weight excluding hydrogens is 249 g/mol. The van der Waals surface area contributed by atoms with Crippen LogP contribution in [0, 0.1) is 47.5 Å². The molecule has 0 saturated heterocycles. The Bertz CT molecular complexity index is 368. The van der Waals surface area contributed by atoms with Gasteiger partial charge in [-0.3, -0.25) is 3.52 Å². The average molecular weight is 255 g/mol. The van der Waals surface area contributed by atoms with Crippen molar-refractivity contribution in [2.45, 2.75) is 6.92 Å². The average Bonchev–Trinajstić information content (AvgIpc) is 2.02. The van der Waals surface area contributed by atoms with Crippen molar-refractivity contribution >= 4 is 22.9 Å².